The van der Waals surface area contributed by atoms with Crippen LogP contribution in [0.15, 0.2) is 0 Å². The standard InChI is InChI=1S/C10H16N4/c1-2-8(1)10-12-9(13-14-10)5-7-3-4-11-6-7/h7-8,11H,1-6H2,(H,12,13,14)/t7-/m0/s1. The highest BCUT2D eigenvalue weighted by atomic mass is 15.2. The van der Waals surface area contributed by atoms with Gasteiger partial charge in [-0.2, -0.15) is 5.10 Å². The Balaban J connectivity index is 1.64. The van der Waals surface area contributed by atoms with Crippen LogP contribution in [0.4, 0.5) is 0 Å². The first-order chi connectivity index (χ1) is 6.92. The highest BCUT2D eigenvalue weighted by Gasteiger charge is 2.28. The third kappa shape index (κ3) is 1.66. The topological polar surface area (TPSA) is 53.6 Å². The molecule has 1 aromatic rings. The minimum atomic E-state index is 0.668. The zero-order valence-electron chi connectivity index (χ0n) is 8.29. The molecule has 4 heteroatoms. The largest absolute Gasteiger partial charge is 0.316 e. The number of nitrogens with zero attached hydrogens (tertiary/aromatic N) is 2. The van der Waals surface area contributed by atoms with Gasteiger partial charge in [0.05, 0.1) is 0 Å². The predicted molar refractivity (Wildman–Crippen MR) is 53.0 cm³/mol. The second-order valence-corrected chi connectivity index (χ2v) is 4.48. The number of H-pyrrole nitrogens is 1. The molecule has 0 aromatic carbocycles. The normalized spacial score (nSPS) is 27.0. The van der Waals surface area contributed by atoms with Crippen molar-refractivity contribution in [3.63, 3.8) is 0 Å². The summed E-state index contributed by atoms with van der Waals surface area (Å²) in [6.07, 6.45) is 4.90. The maximum absolute atomic E-state index is 4.54. The molecule has 3 rings (SSSR count). The van der Waals surface area contributed by atoms with E-state index in [0.717, 1.165) is 37.1 Å². The summed E-state index contributed by atoms with van der Waals surface area (Å²) in [6, 6.07) is 0. The molecule has 2 aliphatic rings. The number of aromatic amines is 1. The number of hydrogen-bond acceptors (Lipinski definition) is 3. The van der Waals surface area contributed by atoms with Crippen LogP contribution < -0.4 is 5.32 Å². The molecule has 76 valence electrons. The maximum Gasteiger partial charge on any atom is 0.153 e. The van der Waals surface area contributed by atoms with Crippen molar-refractivity contribution >= 4 is 0 Å². The van der Waals surface area contributed by atoms with Gasteiger partial charge < -0.3 is 5.32 Å². The average Bonchev–Trinajstić information content (AvgIpc) is 2.75. The molecule has 1 saturated carbocycles. The van der Waals surface area contributed by atoms with E-state index in [1.54, 1.807) is 0 Å². The quantitative estimate of drug-likeness (QED) is 0.746. The monoisotopic (exact) mass is 192 g/mol. The van der Waals surface area contributed by atoms with Gasteiger partial charge in [0, 0.05) is 12.3 Å². The van der Waals surface area contributed by atoms with E-state index in [2.05, 4.69) is 20.5 Å². The molecule has 0 amide bonds. The number of hydrogen-bond donors (Lipinski definition) is 2. The predicted octanol–water partition coefficient (Wildman–Crippen LogP) is 0.834. The van der Waals surface area contributed by atoms with Crippen molar-refractivity contribution in [3.05, 3.63) is 11.6 Å². The first-order valence-electron chi connectivity index (χ1n) is 5.54. The van der Waals surface area contributed by atoms with Crippen molar-refractivity contribution in [2.75, 3.05) is 13.1 Å². The molecule has 0 radical (unpaired) electrons. The molecule has 1 saturated heterocycles. The Labute approximate surface area is 83.5 Å². The van der Waals surface area contributed by atoms with Crippen molar-refractivity contribution in [2.24, 2.45) is 5.92 Å². The molecule has 1 aromatic heterocycles. The van der Waals surface area contributed by atoms with E-state index in [9.17, 15) is 0 Å². The Morgan fingerprint density at radius 2 is 2.21 bits per heavy atom. The van der Waals surface area contributed by atoms with E-state index in [0.29, 0.717) is 5.92 Å². The lowest BCUT2D eigenvalue weighted by atomic mass is 10.1. The van der Waals surface area contributed by atoms with Crippen molar-refractivity contribution in [3.8, 4) is 0 Å². The van der Waals surface area contributed by atoms with Gasteiger partial charge in [0.25, 0.3) is 0 Å². The fourth-order valence-electron chi connectivity index (χ4n) is 2.09. The zero-order valence-corrected chi connectivity index (χ0v) is 8.29. The third-order valence-electron chi connectivity index (χ3n) is 3.14. The van der Waals surface area contributed by atoms with Gasteiger partial charge in [0.15, 0.2) is 5.82 Å². The molecule has 2 N–H and O–H groups in total. The Hall–Kier alpha value is -0.900. The number of rotatable bonds is 3. The van der Waals surface area contributed by atoms with Gasteiger partial charge in [-0.05, 0) is 38.3 Å². The summed E-state index contributed by atoms with van der Waals surface area (Å²) in [6.45, 7) is 2.30. The van der Waals surface area contributed by atoms with Gasteiger partial charge in [0.1, 0.15) is 5.82 Å². The second kappa shape index (κ2) is 3.35. The third-order valence-corrected chi connectivity index (χ3v) is 3.14. The molecule has 1 aliphatic heterocycles. The minimum Gasteiger partial charge on any atom is -0.316 e. The van der Waals surface area contributed by atoms with Gasteiger partial charge in [-0.15, -0.1) is 0 Å². The van der Waals surface area contributed by atoms with Crippen LogP contribution in [-0.4, -0.2) is 28.3 Å². The molecule has 2 heterocycles. The summed E-state index contributed by atoms with van der Waals surface area (Å²) in [5.74, 6) is 3.56. The van der Waals surface area contributed by atoms with E-state index in [-0.39, 0.29) is 0 Å². The minimum absolute atomic E-state index is 0.668. The lowest BCUT2D eigenvalue weighted by Gasteiger charge is -2.03. The molecule has 14 heavy (non-hydrogen) atoms. The fourth-order valence-corrected chi connectivity index (χ4v) is 2.09. The molecule has 1 aliphatic carbocycles. The lowest BCUT2D eigenvalue weighted by molar-refractivity contribution is 0.562. The van der Waals surface area contributed by atoms with Crippen LogP contribution >= 0.6 is 0 Å². The van der Waals surface area contributed by atoms with Crippen molar-refractivity contribution < 1.29 is 0 Å². The summed E-state index contributed by atoms with van der Waals surface area (Å²) >= 11 is 0. The van der Waals surface area contributed by atoms with Gasteiger partial charge >= 0.3 is 0 Å². The van der Waals surface area contributed by atoms with Crippen LogP contribution in [0.2, 0.25) is 0 Å². The van der Waals surface area contributed by atoms with E-state index >= 15 is 0 Å². The fraction of sp³-hybridized carbons (Fsp3) is 0.800. The molecular weight excluding hydrogens is 176 g/mol. The SMILES string of the molecule is C1C[C@@H](Cc2nc(C3CC3)n[nH]2)CN1. The molecule has 2 fully saturated rings. The van der Waals surface area contributed by atoms with E-state index in [1.807, 2.05) is 0 Å². The smallest absolute Gasteiger partial charge is 0.153 e. The Morgan fingerprint density at radius 3 is 2.93 bits per heavy atom. The van der Waals surface area contributed by atoms with E-state index in [4.69, 9.17) is 0 Å². The van der Waals surface area contributed by atoms with E-state index < -0.39 is 0 Å². The van der Waals surface area contributed by atoms with E-state index in [1.165, 1.54) is 19.3 Å². The highest BCUT2D eigenvalue weighted by molar-refractivity contribution is 5.05. The van der Waals surface area contributed by atoms with Gasteiger partial charge in [0.2, 0.25) is 0 Å². The summed E-state index contributed by atoms with van der Waals surface area (Å²) in [4.78, 5) is 4.54. The molecule has 1 atom stereocenters. The number of nitrogens with one attached hydrogen (secondary N) is 2. The first-order valence-corrected chi connectivity index (χ1v) is 5.54. The summed E-state index contributed by atoms with van der Waals surface area (Å²) in [5, 5.41) is 10.7. The molecule has 4 nitrogen and oxygen atoms in total. The van der Waals surface area contributed by atoms with Crippen LogP contribution in [0, 0.1) is 5.92 Å². The van der Waals surface area contributed by atoms with Gasteiger partial charge in [-0.25, -0.2) is 4.98 Å². The van der Waals surface area contributed by atoms with Crippen LogP contribution in [0.5, 0.6) is 0 Å². The highest BCUT2D eigenvalue weighted by Crippen LogP contribution is 2.37. The zero-order chi connectivity index (χ0) is 9.38. The Kier molecular flexibility index (Phi) is 2.01. The first kappa shape index (κ1) is 8.41. The Bertz CT molecular complexity index is 310. The van der Waals surface area contributed by atoms with Crippen LogP contribution in [0.3, 0.4) is 0 Å². The van der Waals surface area contributed by atoms with Crippen LogP contribution in [0.1, 0.15) is 36.8 Å². The van der Waals surface area contributed by atoms with Gasteiger partial charge in [-0.3, -0.25) is 5.10 Å². The van der Waals surface area contributed by atoms with Crippen molar-refractivity contribution in [2.45, 2.75) is 31.6 Å². The summed E-state index contributed by atoms with van der Waals surface area (Å²) < 4.78 is 0. The summed E-state index contributed by atoms with van der Waals surface area (Å²) in [5.41, 5.74) is 0. The Morgan fingerprint density at radius 1 is 1.29 bits per heavy atom. The van der Waals surface area contributed by atoms with Crippen molar-refractivity contribution in [1.82, 2.24) is 20.5 Å². The van der Waals surface area contributed by atoms with Gasteiger partial charge in [-0.1, -0.05) is 0 Å². The van der Waals surface area contributed by atoms with Crippen molar-refractivity contribution in [1.29, 1.82) is 0 Å². The molecule has 0 bridgehead atoms. The molecule has 0 spiro atoms. The lowest BCUT2D eigenvalue weighted by Crippen LogP contribution is -2.11. The number of aromatic nitrogens is 3. The molecular formula is C10H16N4. The van der Waals surface area contributed by atoms with Crippen LogP contribution in [-0.2, 0) is 6.42 Å². The summed E-state index contributed by atoms with van der Waals surface area (Å²) in [7, 11) is 0. The second-order valence-electron chi connectivity index (χ2n) is 4.48. The average molecular weight is 192 g/mol. The maximum atomic E-state index is 4.54. The van der Waals surface area contributed by atoms with Crippen LogP contribution in [0.25, 0.3) is 0 Å². The molecule has 0 unspecified atom stereocenters.